The standard InChI is InChI=1S/C23H41NO2/c1-2-3-4-5-6-7-8-9-10-11-12-13-14-15-16-19-23(26)24-20-17-18-22(24)21-25/h6-7,9-10,22,25H,2-5,8,11-21H2,1H3/b7-6-,10-9-/t22-/m0/s1. The molecule has 1 saturated heterocycles. The normalized spacial score (nSPS) is 17.8. The van der Waals surface area contributed by atoms with Gasteiger partial charge in [0.2, 0.25) is 5.91 Å². The third kappa shape index (κ3) is 10.8. The van der Waals surface area contributed by atoms with Crippen molar-refractivity contribution in [2.24, 2.45) is 0 Å². The lowest BCUT2D eigenvalue weighted by Gasteiger charge is -2.22. The average Bonchev–Trinajstić information content (AvgIpc) is 3.13. The van der Waals surface area contributed by atoms with E-state index in [0.29, 0.717) is 6.42 Å². The van der Waals surface area contributed by atoms with Crippen molar-refractivity contribution in [1.82, 2.24) is 4.90 Å². The minimum atomic E-state index is 0.0838. The van der Waals surface area contributed by atoms with E-state index in [4.69, 9.17) is 0 Å². The van der Waals surface area contributed by atoms with Crippen molar-refractivity contribution >= 4 is 5.91 Å². The lowest BCUT2D eigenvalue weighted by atomic mass is 10.1. The topological polar surface area (TPSA) is 40.5 Å². The summed E-state index contributed by atoms with van der Waals surface area (Å²) in [6.07, 6.45) is 25.1. The number of nitrogens with zero attached hydrogens (tertiary/aromatic N) is 1. The lowest BCUT2D eigenvalue weighted by Crippen LogP contribution is -2.37. The Bertz CT molecular complexity index is 403. The van der Waals surface area contributed by atoms with Crippen molar-refractivity contribution in [3.63, 3.8) is 0 Å². The Kier molecular flexibility index (Phi) is 14.2. The summed E-state index contributed by atoms with van der Waals surface area (Å²) in [6, 6.07) is 0.0838. The number of hydrogen-bond donors (Lipinski definition) is 1. The Morgan fingerprint density at radius 1 is 0.962 bits per heavy atom. The molecule has 0 unspecified atom stereocenters. The summed E-state index contributed by atoms with van der Waals surface area (Å²) in [4.78, 5) is 14.0. The average molecular weight is 364 g/mol. The van der Waals surface area contributed by atoms with E-state index in [1.165, 1.54) is 51.4 Å². The second-order valence-electron chi connectivity index (χ2n) is 7.55. The SMILES string of the molecule is CCCCC/C=C\C/C=C\CCCCCCCC(=O)N1CCC[C@H]1CO. The molecule has 0 aromatic heterocycles. The van der Waals surface area contributed by atoms with Gasteiger partial charge in [0, 0.05) is 13.0 Å². The Morgan fingerprint density at radius 3 is 2.31 bits per heavy atom. The van der Waals surface area contributed by atoms with Gasteiger partial charge in [-0.15, -0.1) is 0 Å². The molecule has 0 aromatic rings. The van der Waals surface area contributed by atoms with E-state index >= 15 is 0 Å². The van der Waals surface area contributed by atoms with E-state index in [-0.39, 0.29) is 18.6 Å². The number of rotatable bonds is 15. The predicted molar refractivity (Wildman–Crippen MR) is 111 cm³/mol. The molecule has 1 aliphatic rings. The summed E-state index contributed by atoms with van der Waals surface area (Å²) < 4.78 is 0. The Labute approximate surface area is 161 Å². The first kappa shape index (κ1) is 23.0. The number of carbonyl (C=O) groups is 1. The first-order valence-corrected chi connectivity index (χ1v) is 11.0. The molecule has 1 N–H and O–H groups in total. The Hall–Kier alpha value is -1.09. The molecule has 3 nitrogen and oxygen atoms in total. The molecule has 3 heteroatoms. The molecule has 1 aliphatic heterocycles. The van der Waals surface area contributed by atoms with Crippen LogP contribution in [0.15, 0.2) is 24.3 Å². The van der Waals surface area contributed by atoms with Gasteiger partial charge in [0.25, 0.3) is 0 Å². The van der Waals surface area contributed by atoms with Crippen LogP contribution in [0, 0.1) is 0 Å². The van der Waals surface area contributed by atoms with Crippen molar-refractivity contribution in [3.8, 4) is 0 Å². The molecule has 0 bridgehead atoms. The highest BCUT2D eigenvalue weighted by molar-refractivity contribution is 5.76. The van der Waals surface area contributed by atoms with Gasteiger partial charge in [-0.3, -0.25) is 4.79 Å². The van der Waals surface area contributed by atoms with Gasteiger partial charge in [0.15, 0.2) is 0 Å². The van der Waals surface area contributed by atoms with Crippen molar-refractivity contribution in [3.05, 3.63) is 24.3 Å². The van der Waals surface area contributed by atoms with Crippen LogP contribution in [-0.2, 0) is 4.79 Å². The van der Waals surface area contributed by atoms with Gasteiger partial charge in [-0.05, 0) is 51.4 Å². The van der Waals surface area contributed by atoms with Crippen LogP contribution in [-0.4, -0.2) is 35.1 Å². The van der Waals surface area contributed by atoms with E-state index < -0.39 is 0 Å². The van der Waals surface area contributed by atoms with Crippen LogP contribution in [0.5, 0.6) is 0 Å². The van der Waals surface area contributed by atoms with E-state index in [9.17, 15) is 9.90 Å². The van der Waals surface area contributed by atoms with Gasteiger partial charge in [0.1, 0.15) is 0 Å². The van der Waals surface area contributed by atoms with E-state index in [1.807, 2.05) is 4.90 Å². The number of hydrogen-bond acceptors (Lipinski definition) is 2. The summed E-state index contributed by atoms with van der Waals surface area (Å²) in [5.41, 5.74) is 0. The predicted octanol–water partition coefficient (Wildman–Crippen LogP) is 5.78. The van der Waals surface area contributed by atoms with Crippen LogP contribution < -0.4 is 0 Å². The number of aliphatic hydroxyl groups excluding tert-OH is 1. The van der Waals surface area contributed by atoms with Crippen LogP contribution >= 0.6 is 0 Å². The van der Waals surface area contributed by atoms with Gasteiger partial charge >= 0.3 is 0 Å². The molecule has 0 aromatic carbocycles. The Balaban J connectivity index is 1.88. The molecule has 0 aliphatic carbocycles. The van der Waals surface area contributed by atoms with E-state index in [1.54, 1.807) is 0 Å². The monoisotopic (exact) mass is 363 g/mol. The third-order valence-electron chi connectivity index (χ3n) is 5.25. The number of likely N-dealkylation sites (tertiary alicyclic amines) is 1. The van der Waals surface area contributed by atoms with Crippen molar-refractivity contribution in [2.75, 3.05) is 13.2 Å². The first-order valence-electron chi connectivity index (χ1n) is 11.0. The summed E-state index contributed by atoms with van der Waals surface area (Å²) in [5, 5.41) is 9.29. The fourth-order valence-corrected chi connectivity index (χ4v) is 3.59. The smallest absolute Gasteiger partial charge is 0.222 e. The zero-order valence-electron chi connectivity index (χ0n) is 17.0. The summed E-state index contributed by atoms with van der Waals surface area (Å²) in [7, 11) is 0. The van der Waals surface area contributed by atoms with Gasteiger partial charge in [-0.25, -0.2) is 0 Å². The third-order valence-corrected chi connectivity index (χ3v) is 5.25. The van der Waals surface area contributed by atoms with Crippen molar-refractivity contribution in [2.45, 2.75) is 103 Å². The highest BCUT2D eigenvalue weighted by atomic mass is 16.3. The van der Waals surface area contributed by atoms with Crippen LogP contribution in [0.4, 0.5) is 0 Å². The van der Waals surface area contributed by atoms with E-state index in [2.05, 4.69) is 31.2 Å². The molecule has 1 atom stereocenters. The first-order chi connectivity index (χ1) is 12.8. The van der Waals surface area contributed by atoms with Crippen molar-refractivity contribution < 1.29 is 9.90 Å². The van der Waals surface area contributed by atoms with Gasteiger partial charge in [-0.2, -0.15) is 0 Å². The second kappa shape index (κ2) is 16.1. The minimum absolute atomic E-state index is 0.0838. The van der Waals surface area contributed by atoms with Crippen LogP contribution in [0.2, 0.25) is 0 Å². The highest BCUT2D eigenvalue weighted by Crippen LogP contribution is 2.19. The van der Waals surface area contributed by atoms with Crippen molar-refractivity contribution in [1.29, 1.82) is 0 Å². The van der Waals surface area contributed by atoms with E-state index in [0.717, 1.165) is 38.6 Å². The number of carbonyl (C=O) groups excluding carboxylic acids is 1. The lowest BCUT2D eigenvalue weighted by molar-refractivity contribution is -0.132. The second-order valence-corrected chi connectivity index (χ2v) is 7.55. The van der Waals surface area contributed by atoms with Crippen LogP contribution in [0.1, 0.15) is 96.8 Å². The molecule has 0 radical (unpaired) electrons. The zero-order valence-corrected chi connectivity index (χ0v) is 17.0. The maximum atomic E-state index is 12.1. The molecule has 0 saturated carbocycles. The number of unbranched alkanes of at least 4 members (excludes halogenated alkanes) is 8. The molecular weight excluding hydrogens is 322 g/mol. The molecular formula is C23H41NO2. The molecule has 1 fully saturated rings. The zero-order chi connectivity index (χ0) is 18.9. The van der Waals surface area contributed by atoms with Crippen LogP contribution in [0.3, 0.4) is 0 Å². The van der Waals surface area contributed by atoms with Crippen LogP contribution in [0.25, 0.3) is 0 Å². The van der Waals surface area contributed by atoms with Gasteiger partial charge in [-0.1, -0.05) is 63.3 Å². The quantitative estimate of drug-likeness (QED) is 0.296. The fourth-order valence-electron chi connectivity index (χ4n) is 3.59. The molecule has 150 valence electrons. The maximum absolute atomic E-state index is 12.1. The molecule has 0 spiro atoms. The van der Waals surface area contributed by atoms with Gasteiger partial charge < -0.3 is 10.0 Å². The molecule has 26 heavy (non-hydrogen) atoms. The summed E-state index contributed by atoms with van der Waals surface area (Å²) >= 11 is 0. The number of aliphatic hydroxyl groups is 1. The Morgan fingerprint density at radius 2 is 1.62 bits per heavy atom. The van der Waals surface area contributed by atoms with Gasteiger partial charge in [0.05, 0.1) is 12.6 Å². The number of amides is 1. The molecule has 1 heterocycles. The maximum Gasteiger partial charge on any atom is 0.222 e. The number of allylic oxidation sites excluding steroid dienone is 4. The fraction of sp³-hybridized carbons (Fsp3) is 0.783. The molecule has 1 amide bonds. The molecule has 1 rings (SSSR count). The minimum Gasteiger partial charge on any atom is -0.394 e. The summed E-state index contributed by atoms with van der Waals surface area (Å²) in [6.45, 7) is 3.20. The largest absolute Gasteiger partial charge is 0.394 e. The highest BCUT2D eigenvalue weighted by Gasteiger charge is 2.27. The summed E-state index contributed by atoms with van der Waals surface area (Å²) in [5.74, 6) is 0.243.